The number of imide groups is 1. The molecule has 0 aliphatic carbocycles. The fraction of sp³-hybridized carbons (Fsp3) is 0.333. The van der Waals surface area contributed by atoms with E-state index in [1.807, 2.05) is 75.4 Å². The molecule has 0 saturated carbocycles. The molecule has 4 rings (SSSR count). The molecule has 0 unspecified atom stereocenters. The number of hydrogen-bond donors (Lipinski definition) is 1. The zero-order valence-electron chi connectivity index (χ0n) is 23.4. The molecule has 3 aromatic carbocycles. The minimum Gasteiger partial charge on any atom is -0.352 e. The molecule has 7 heteroatoms. The number of hydrogen-bond acceptors (Lipinski definition) is 4. The standard InChI is InChI=1S/C33H37N3O4/c1-4-24(3)34-31(38)29(21-25-14-6-5-7-15-25)36(22-26-16-9-8-13-23(26)2)30(37)19-12-20-35-32(39)27-17-10-11-18-28(27)33(35)40/h5-11,13-18,24,29H,4,12,19-22H2,1-3H3,(H,34,38)/t24-,29-/m0/s1. The minimum absolute atomic E-state index is 0.0324. The summed E-state index contributed by atoms with van der Waals surface area (Å²) in [6.45, 7) is 6.37. The highest BCUT2D eigenvalue weighted by molar-refractivity contribution is 6.21. The van der Waals surface area contributed by atoms with E-state index in [9.17, 15) is 19.2 Å². The summed E-state index contributed by atoms with van der Waals surface area (Å²) in [5.74, 6) is -1.06. The lowest BCUT2D eigenvalue weighted by Crippen LogP contribution is -2.52. The summed E-state index contributed by atoms with van der Waals surface area (Å²) in [6, 6.07) is 23.5. The molecule has 40 heavy (non-hydrogen) atoms. The van der Waals surface area contributed by atoms with Crippen molar-refractivity contribution in [3.63, 3.8) is 0 Å². The van der Waals surface area contributed by atoms with Crippen LogP contribution in [0.1, 0.15) is 70.5 Å². The summed E-state index contributed by atoms with van der Waals surface area (Å²) < 4.78 is 0. The van der Waals surface area contributed by atoms with Gasteiger partial charge in [-0.2, -0.15) is 0 Å². The number of amides is 4. The van der Waals surface area contributed by atoms with E-state index in [2.05, 4.69) is 5.32 Å². The molecule has 3 aromatic rings. The molecule has 0 spiro atoms. The molecule has 7 nitrogen and oxygen atoms in total. The van der Waals surface area contributed by atoms with Gasteiger partial charge in [-0.15, -0.1) is 0 Å². The van der Waals surface area contributed by atoms with E-state index >= 15 is 0 Å². The normalized spacial score (nSPS) is 14.0. The third kappa shape index (κ3) is 6.65. The highest BCUT2D eigenvalue weighted by Gasteiger charge is 2.35. The number of benzene rings is 3. The number of nitrogens with zero attached hydrogens (tertiary/aromatic N) is 2. The van der Waals surface area contributed by atoms with Crippen LogP contribution >= 0.6 is 0 Å². The van der Waals surface area contributed by atoms with Gasteiger partial charge in [-0.3, -0.25) is 24.1 Å². The van der Waals surface area contributed by atoms with Crippen LogP contribution in [0.5, 0.6) is 0 Å². The summed E-state index contributed by atoms with van der Waals surface area (Å²) in [5, 5.41) is 3.08. The third-order valence-corrected chi connectivity index (χ3v) is 7.52. The summed E-state index contributed by atoms with van der Waals surface area (Å²) >= 11 is 0. The Hall–Kier alpha value is -4.26. The van der Waals surface area contributed by atoms with E-state index in [1.54, 1.807) is 29.2 Å². The first-order valence-corrected chi connectivity index (χ1v) is 13.9. The number of nitrogens with one attached hydrogen (secondary N) is 1. The van der Waals surface area contributed by atoms with Crippen LogP contribution in [-0.4, -0.2) is 52.1 Å². The molecule has 1 aliphatic heterocycles. The molecular formula is C33H37N3O4. The van der Waals surface area contributed by atoms with Gasteiger partial charge in [0, 0.05) is 32.0 Å². The van der Waals surface area contributed by atoms with E-state index in [4.69, 9.17) is 0 Å². The largest absolute Gasteiger partial charge is 0.352 e. The van der Waals surface area contributed by atoms with Crippen LogP contribution in [0.25, 0.3) is 0 Å². The van der Waals surface area contributed by atoms with Crippen LogP contribution in [0.3, 0.4) is 0 Å². The van der Waals surface area contributed by atoms with Gasteiger partial charge in [-0.1, -0.05) is 73.7 Å². The topological polar surface area (TPSA) is 86.8 Å². The van der Waals surface area contributed by atoms with E-state index in [-0.39, 0.29) is 49.2 Å². The van der Waals surface area contributed by atoms with E-state index < -0.39 is 6.04 Å². The average Bonchev–Trinajstić information content (AvgIpc) is 3.21. The molecule has 4 amide bonds. The Kier molecular flexibility index (Phi) is 9.48. The Bertz CT molecular complexity index is 1340. The summed E-state index contributed by atoms with van der Waals surface area (Å²) in [7, 11) is 0. The maximum atomic E-state index is 13.9. The Morgan fingerprint density at radius 2 is 1.48 bits per heavy atom. The fourth-order valence-corrected chi connectivity index (χ4v) is 4.94. The van der Waals surface area contributed by atoms with Crippen molar-refractivity contribution in [1.29, 1.82) is 0 Å². The molecule has 0 radical (unpaired) electrons. The number of carbonyl (C=O) groups is 4. The summed E-state index contributed by atoms with van der Waals surface area (Å²) in [6.07, 6.45) is 1.55. The van der Waals surface area contributed by atoms with Crippen LogP contribution in [0, 0.1) is 6.92 Å². The van der Waals surface area contributed by atoms with Crippen molar-refractivity contribution in [1.82, 2.24) is 15.1 Å². The summed E-state index contributed by atoms with van der Waals surface area (Å²) in [4.78, 5) is 55.9. The van der Waals surface area contributed by atoms with Gasteiger partial charge in [0.1, 0.15) is 6.04 Å². The van der Waals surface area contributed by atoms with Crippen molar-refractivity contribution < 1.29 is 19.2 Å². The number of carbonyl (C=O) groups excluding carboxylic acids is 4. The predicted octanol–water partition coefficient (Wildman–Crippen LogP) is 4.93. The quantitative estimate of drug-likeness (QED) is 0.331. The Morgan fingerprint density at radius 1 is 0.875 bits per heavy atom. The highest BCUT2D eigenvalue weighted by Crippen LogP contribution is 2.23. The first-order valence-electron chi connectivity index (χ1n) is 13.9. The molecule has 1 heterocycles. The average molecular weight is 540 g/mol. The van der Waals surface area contributed by atoms with Gasteiger partial charge in [-0.05, 0) is 55.5 Å². The lowest BCUT2D eigenvalue weighted by atomic mass is 10.0. The van der Waals surface area contributed by atoms with Crippen molar-refractivity contribution in [2.45, 2.75) is 65.1 Å². The first-order chi connectivity index (χ1) is 19.3. The summed E-state index contributed by atoms with van der Waals surface area (Å²) in [5.41, 5.74) is 3.74. The molecule has 0 saturated heterocycles. The lowest BCUT2D eigenvalue weighted by molar-refractivity contribution is -0.141. The fourth-order valence-electron chi connectivity index (χ4n) is 4.94. The zero-order chi connectivity index (χ0) is 28.6. The molecule has 2 atom stereocenters. The van der Waals surface area contributed by atoms with Crippen molar-refractivity contribution >= 4 is 23.6 Å². The van der Waals surface area contributed by atoms with E-state index in [1.165, 1.54) is 4.90 Å². The van der Waals surface area contributed by atoms with Crippen LogP contribution < -0.4 is 5.32 Å². The van der Waals surface area contributed by atoms with Crippen LogP contribution in [0.2, 0.25) is 0 Å². The van der Waals surface area contributed by atoms with Gasteiger partial charge in [0.15, 0.2) is 0 Å². The van der Waals surface area contributed by atoms with Crippen LogP contribution in [-0.2, 0) is 22.6 Å². The van der Waals surface area contributed by atoms with Crippen LogP contribution in [0.4, 0.5) is 0 Å². The Morgan fingerprint density at radius 3 is 2.10 bits per heavy atom. The minimum atomic E-state index is -0.720. The Labute approximate surface area is 236 Å². The van der Waals surface area contributed by atoms with Gasteiger partial charge in [-0.25, -0.2) is 0 Å². The number of rotatable bonds is 12. The number of fused-ring (bicyclic) bond motifs is 1. The molecule has 1 N–H and O–H groups in total. The van der Waals surface area contributed by atoms with Crippen molar-refractivity contribution in [3.8, 4) is 0 Å². The maximum Gasteiger partial charge on any atom is 0.261 e. The molecular weight excluding hydrogens is 502 g/mol. The zero-order valence-corrected chi connectivity index (χ0v) is 23.4. The van der Waals surface area contributed by atoms with Gasteiger partial charge >= 0.3 is 0 Å². The van der Waals surface area contributed by atoms with Crippen molar-refractivity contribution in [2.75, 3.05) is 6.54 Å². The molecule has 0 aromatic heterocycles. The van der Waals surface area contributed by atoms with E-state index in [0.29, 0.717) is 24.0 Å². The van der Waals surface area contributed by atoms with Gasteiger partial charge in [0.05, 0.1) is 11.1 Å². The second-order valence-electron chi connectivity index (χ2n) is 10.4. The SMILES string of the molecule is CC[C@H](C)NC(=O)[C@H](Cc1ccccc1)N(Cc1ccccc1C)C(=O)CCCN1C(=O)c2ccccc2C1=O. The number of aryl methyl sites for hydroxylation is 1. The molecule has 1 aliphatic rings. The first kappa shape index (κ1) is 28.7. The second-order valence-corrected chi connectivity index (χ2v) is 10.4. The third-order valence-electron chi connectivity index (χ3n) is 7.52. The van der Waals surface area contributed by atoms with Crippen molar-refractivity contribution in [2.24, 2.45) is 0 Å². The van der Waals surface area contributed by atoms with Gasteiger partial charge < -0.3 is 10.2 Å². The maximum absolute atomic E-state index is 13.9. The van der Waals surface area contributed by atoms with E-state index in [0.717, 1.165) is 23.1 Å². The van der Waals surface area contributed by atoms with Gasteiger partial charge in [0.2, 0.25) is 11.8 Å². The second kappa shape index (κ2) is 13.2. The molecule has 0 fully saturated rings. The monoisotopic (exact) mass is 539 g/mol. The molecule has 0 bridgehead atoms. The van der Waals surface area contributed by atoms with Crippen LogP contribution in [0.15, 0.2) is 78.9 Å². The van der Waals surface area contributed by atoms with Gasteiger partial charge in [0.25, 0.3) is 11.8 Å². The lowest BCUT2D eigenvalue weighted by Gasteiger charge is -2.33. The smallest absolute Gasteiger partial charge is 0.261 e. The van der Waals surface area contributed by atoms with Crippen molar-refractivity contribution in [3.05, 3.63) is 107 Å². The Balaban J connectivity index is 1.56. The predicted molar refractivity (Wildman–Crippen MR) is 155 cm³/mol. The highest BCUT2D eigenvalue weighted by atomic mass is 16.2. The molecule has 208 valence electrons.